The Morgan fingerprint density at radius 2 is 1.11 bits per heavy atom. The number of aromatic hydroxyl groups is 1. The van der Waals surface area contributed by atoms with Crippen LogP contribution in [0.2, 0.25) is 0 Å². The quantitative estimate of drug-likeness (QED) is 0.179. The van der Waals surface area contributed by atoms with Gasteiger partial charge in [0, 0.05) is 44.2 Å². The fourth-order valence-electron chi connectivity index (χ4n) is 7.14. The van der Waals surface area contributed by atoms with Gasteiger partial charge in [-0.2, -0.15) is 0 Å². The maximum absolute atomic E-state index is 12.4. The van der Waals surface area contributed by atoms with Crippen molar-refractivity contribution in [3.8, 4) is 45.2 Å². The van der Waals surface area contributed by atoms with Crippen molar-refractivity contribution in [2.24, 2.45) is 0 Å². The summed E-state index contributed by atoms with van der Waals surface area (Å²) in [4.78, 5) is 10.4. The average Bonchev–Trinajstić information content (AvgIpc) is 3.45. The maximum atomic E-state index is 12.4. The second-order valence-corrected chi connectivity index (χ2v) is 20.8. The largest absolute Gasteiger partial charge is 0.507 e. The van der Waals surface area contributed by atoms with Crippen molar-refractivity contribution >= 4 is 11.0 Å². The molecule has 298 valence electrons. The van der Waals surface area contributed by atoms with E-state index in [0.29, 0.717) is 0 Å². The molecule has 0 saturated carbocycles. The minimum absolute atomic E-state index is 0. The van der Waals surface area contributed by atoms with Crippen LogP contribution in [-0.2, 0) is 48.1 Å². The fourth-order valence-corrected chi connectivity index (χ4v) is 7.14. The van der Waals surface area contributed by atoms with Crippen molar-refractivity contribution in [3.05, 3.63) is 118 Å². The Labute approximate surface area is 351 Å². The number of aromatic nitrogens is 3. The third-order valence-electron chi connectivity index (χ3n) is 10.8. The van der Waals surface area contributed by atoms with Crippen molar-refractivity contribution in [3.63, 3.8) is 0 Å². The van der Waals surface area contributed by atoms with Gasteiger partial charge in [-0.3, -0.25) is 9.55 Å². The molecule has 0 bridgehead atoms. The van der Waals surface area contributed by atoms with Gasteiger partial charge in [-0.15, -0.1) is 29.3 Å². The second kappa shape index (κ2) is 14.7. The van der Waals surface area contributed by atoms with E-state index in [4.69, 9.17) is 9.97 Å². The van der Waals surface area contributed by atoms with Gasteiger partial charge in [0.05, 0.1) is 16.6 Å². The number of nitrogens with zero attached hydrogens (tertiary/aromatic N) is 3. The molecule has 2 aromatic heterocycles. The first-order chi connectivity index (χ1) is 25.2. The standard InChI is InChI=1S/C51H62N3O.Pt/c1-31-20-21-52-42(22-31)33-23-32(24-34(25-33)47(2,3)4)39-18-17-19-43-44(39)53-46(40-29-37(50(11,12)13)30-41(45(40)55)51(14,15)16)54(43)38-27-35(48(5,6)7)26-36(28-38)49(8,9)10;/h17-22,24-30,55H,1-16H3;/q-1;. The molecule has 0 amide bonds. The molecule has 5 heteroatoms. The molecule has 56 heavy (non-hydrogen) atoms. The first-order valence-electron chi connectivity index (χ1n) is 19.8. The zero-order chi connectivity index (χ0) is 40.6. The molecule has 0 aliphatic carbocycles. The topological polar surface area (TPSA) is 50.9 Å². The minimum Gasteiger partial charge on any atom is -0.507 e. The number of phenols is 1. The molecule has 0 fully saturated rings. The third kappa shape index (κ3) is 8.62. The summed E-state index contributed by atoms with van der Waals surface area (Å²) in [6.45, 7) is 35.7. The van der Waals surface area contributed by atoms with Crippen molar-refractivity contribution in [2.45, 2.75) is 138 Å². The Balaban J connectivity index is 0.00000600. The maximum Gasteiger partial charge on any atom is 0.148 e. The first-order valence-corrected chi connectivity index (χ1v) is 19.8. The van der Waals surface area contributed by atoms with E-state index in [-0.39, 0.29) is 53.9 Å². The number of benzene rings is 4. The smallest absolute Gasteiger partial charge is 0.148 e. The SMILES string of the molecule is Cc1ccnc(-c2[c-]c(-c3cccc4c3nc(-c3cc(C(C)(C)C)cc(C(C)(C)C)c3O)n4-c3cc(C(C)(C)C)cc(C(C)(C)C)c3)cc(C(C)(C)C)c2)c1.[Pt]. The zero-order valence-electron chi connectivity index (χ0n) is 36.6. The average molecular weight is 928 g/mol. The molecular formula is C51H62N3OPt-. The molecule has 1 N–H and O–H groups in total. The summed E-state index contributed by atoms with van der Waals surface area (Å²) >= 11 is 0. The summed E-state index contributed by atoms with van der Waals surface area (Å²) in [5.74, 6) is 0.991. The zero-order valence-corrected chi connectivity index (χ0v) is 38.9. The normalized spacial score (nSPS) is 12.9. The van der Waals surface area contributed by atoms with Crippen LogP contribution in [0.5, 0.6) is 5.75 Å². The van der Waals surface area contributed by atoms with Crippen LogP contribution in [0.1, 0.15) is 137 Å². The number of fused-ring (bicyclic) bond motifs is 1. The molecule has 0 radical (unpaired) electrons. The van der Waals surface area contributed by atoms with E-state index in [1.54, 1.807) is 0 Å². The van der Waals surface area contributed by atoms with Gasteiger partial charge in [-0.1, -0.05) is 151 Å². The number of hydrogen-bond acceptors (Lipinski definition) is 3. The van der Waals surface area contributed by atoms with Crippen molar-refractivity contribution in [1.29, 1.82) is 0 Å². The number of pyridine rings is 1. The molecular weight excluding hydrogens is 866 g/mol. The summed E-state index contributed by atoms with van der Waals surface area (Å²) in [6, 6.07) is 30.2. The van der Waals surface area contributed by atoms with Crippen LogP contribution in [0, 0.1) is 13.0 Å². The van der Waals surface area contributed by atoms with Crippen LogP contribution in [0.4, 0.5) is 0 Å². The molecule has 6 aromatic rings. The summed E-state index contributed by atoms with van der Waals surface area (Å²) in [5, 5.41) is 12.4. The number of rotatable bonds is 4. The molecule has 0 spiro atoms. The third-order valence-corrected chi connectivity index (χ3v) is 10.8. The Bertz CT molecular complexity index is 2380. The van der Waals surface area contributed by atoms with E-state index in [1.165, 1.54) is 16.7 Å². The van der Waals surface area contributed by atoms with Gasteiger partial charge in [-0.05, 0) is 81.0 Å². The molecule has 0 saturated heterocycles. The molecule has 0 aliphatic heterocycles. The van der Waals surface area contributed by atoms with E-state index in [1.807, 2.05) is 12.3 Å². The van der Waals surface area contributed by atoms with Crippen LogP contribution < -0.4 is 0 Å². The van der Waals surface area contributed by atoms with E-state index < -0.39 is 0 Å². The number of hydrogen-bond donors (Lipinski definition) is 1. The summed E-state index contributed by atoms with van der Waals surface area (Å²) < 4.78 is 2.29. The van der Waals surface area contributed by atoms with Crippen molar-refractivity contribution in [2.75, 3.05) is 0 Å². The summed E-state index contributed by atoms with van der Waals surface area (Å²) in [6.07, 6.45) is 1.87. The van der Waals surface area contributed by atoms with Gasteiger partial charge in [0.15, 0.2) is 0 Å². The van der Waals surface area contributed by atoms with Gasteiger partial charge < -0.3 is 5.11 Å². The molecule has 0 aliphatic rings. The molecule has 0 unspecified atom stereocenters. The Hall–Kier alpha value is -4.01. The Morgan fingerprint density at radius 3 is 1.64 bits per heavy atom. The molecule has 2 heterocycles. The number of phenolic OH excluding ortho intramolecular Hbond substituents is 1. The molecule has 0 atom stereocenters. The van der Waals surface area contributed by atoms with Gasteiger partial charge in [0.2, 0.25) is 0 Å². The number of imidazole rings is 1. The van der Waals surface area contributed by atoms with E-state index in [9.17, 15) is 5.11 Å². The van der Waals surface area contributed by atoms with Gasteiger partial charge in [0.1, 0.15) is 11.6 Å². The summed E-state index contributed by atoms with van der Waals surface area (Å²) in [5.41, 5.74) is 13.6. The van der Waals surface area contributed by atoms with E-state index in [2.05, 4.69) is 188 Å². The van der Waals surface area contributed by atoms with Crippen molar-refractivity contribution in [1.82, 2.24) is 14.5 Å². The van der Waals surface area contributed by atoms with E-state index in [0.717, 1.165) is 67.2 Å². The van der Waals surface area contributed by atoms with Crippen molar-refractivity contribution < 1.29 is 26.2 Å². The van der Waals surface area contributed by atoms with Gasteiger partial charge in [-0.25, -0.2) is 4.98 Å². The molecule has 6 rings (SSSR count). The van der Waals surface area contributed by atoms with Gasteiger partial charge in [0.25, 0.3) is 0 Å². The Kier molecular flexibility index (Phi) is 11.3. The predicted octanol–water partition coefficient (Wildman–Crippen LogP) is 13.7. The first kappa shape index (κ1) is 43.1. The second-order valence-electron chi connectivity index (χ2n) is 20.8. The van der Waals surface area contributed by atoms with E-state index >= 15 is 0 Å². The predicted molar refractivity (Wildman–Crippen MR) is 234 cm³/mol. The molecule has 4 nitrogen and oxygen atoms in total. The fraction of sp³-hybridized carbons (Fsp3) is 0.412. The number of aryl methyl sites for hydroxylation is 1. The van der Waals surface area contributed by atoms with Gasteiger partial charge >= 0.3 is 0 Å². The Morgan fingerprint density at radius 1 is 0.571 bits per heavy atom. The number of para-hydroxylation sites is 1. The monoisotopic (exact) mass is 927 g/mol. The minimum atomic E-state index is -0.295. The van der Waals surface area contributed by atoms with Crippen LogP contribution in [-0.4, -0.2) is 19.6 Å². The molecule has 4 aromatic carbocycles. The van der Waals surface area contributed by atoms with Crippen LogP contribution in [0.3, 0.4) is 0 Å². The van der Waals surface area contributed by atoms with Crippen LogP contribution >= 0.6 is 0 Å². The van der Waals surface area contributed by atoms with Crippen LogP contribution in [0.15, 0.2) is 79.0 Å². The summed E-state index contributed by atoms with van der Waals surface area (Å²) in [7, 11) is 0. The van der Waals surface area contributed by atoms with Crippen LogP contribution in [0.25, 0.3) is 50.5 Å².